The molecule has 2 aromatic carbocycles. The van der Waals surface area contributed by atoms with Gasteiger partial charge in [0.1, 0.15) is 17.4 Å². The van der Waals surface area contributed by atoms with Gasteiger partial charge in [0, 0.05) is 17.5 Å². The minimum absolute atomic E-state index is 0.254. The van der Waals surface area contributed by atoms with Crippen LogP contribution in [0.3, 0.4) is 0 Å². The average Bonchev–Trinajstić information content (AvgIpc) is 2.83. The molecule has 178 valence electrons. The van der Waals surface area contributed by atoms with Crippen molar-refractivity contribution in [2.75, 3.05) is 13.2 Å². The first kappa shape index (κ1) is 24.5. The van der Waals surface area contributed by atoms with Crippen LogP contribution in [0.15, 0.2) is 63.8 Å². The summed E-state index contributed by atoms with van der Waals surface area (Å²) in [5, 5.41) is 14.7. The second-order valence-electron chi connectivity index (χ2n) is 7.84. The summed E-state index contributed by atoms with van der Waals surface area (Å²) in [6.45, 7) is 2.79. The Morgan fingerprint density at radius 2 is 1.79 bits per heavy atom. The molecule has 1 aromatic heterocycles. The third kappa shape index (κ3) is 6.22. The molecule has 0 saturated carbocycles. The highest BCUT2D eigenvalue weighted by atomic mass is 16.5. The first-order valence-corrected chi connectivity index (χ1v) is 10.8. The molecule has 0 aliphatic carbocycles. The van der Waals surface area contributed by atoms with E-state index in [9.17, 15) is 24.3 Å². The van der Waals surface area contributed by atoms with Gasteiger partial charge in [-0.05, 0) is 29.2 Å². The third-order valence-corrected chi connectivity index (χ3v) is 5.41. The summed E-state index contributed by atoms with van der Waals surface area (Å²) in [7, 11) is 0. The van der Waals surface area contributed by atoms with Gasteiger partial charge in [-0.1, -0.05) is 50.6 Å². The van der Waals surface area contributed by atoms with E-state index in [0.717, 1.165) is 11.1 Å². The van der Waals surface area contributed by atoms with E-state index in [4.69, 9.17) is 9.15 Å². The highest BCUT2D eigenvalue weighted by molar-refractivity contribution is 5.94. The van der Waals surface area contributed by atoms with E-state index in [1.54, 1.807) is 19.1 Å². The third-order valence-electron chi connectivity index (χ3n) is 5.41. The Morgan fingerprint density at radius 3 is 2.47 bits per heavy atom. The maximum Gasteiger partial charge on any atom is 0.336 e. The molecule has 3 N–H and O–H groups in total. The standard InChI is InChI=1S/C25H26N2O7/c1-3-15(2)24(25(31)32)27-21(28)13-26-22(29)14-33-17-9-10-18-19(16-7-5-4-6-8-16)12-23(30)34-20(18)11-17/h4-12,15,24H,3,13-14H2,1-2H3,(H,26,29)(H,27,28)(H,31,32). The van der Waals surface area contributed by atoms with E-state index in [1.165, 1.54) is 12.1 Å². The first-order valence-electron chi connectivity index (χ1n) is 10.8. The van der Waals surface area contributed by atoms with Crippen LogP contribution in [0.4, 0.5) is 0 Å². The number of benzene rings is 2. The van der Waals surface area contributed by atoms with Crippen molar-refractivity contribution in [3.8, 4) is 16.9 Å². The van der Waals surface area contributed by atoms with Crippen LogP contribution in [0.2, 0.25) is 0 Å². The van der Waals surface area contributed by atoms with E-state index in [-0.39, 0.29) is 19.1 Å². The minimum atomic E-state index is -1.13. The number of aliphatic carboxylic acids is 1. The molecule has 34 heavy (non-hydrogen) atoms. The summed E-state index contributed by atoms with van der Waals surface area (Å²) in [5.74, 6) is -2.25. The fourth-order valence-corrected chi connectivity index (χ4v) is 3.38. The van der Waals surface area contributed by atoms with E-state index >= 15 is 0 Å². The number of ether oxygens (including phenoxy) is 1. The molecule has 0 radical (unpaired) electrons. The van der Waals surface area contributed by atoms with Gasteiger partial charge in [-0.25, -0.2) is 9.59 Å². The first-order chi connectivity index (χ1) is 16.3. The number of rotatable bonds is 10. The largest absolute Gasteiger partial charge is 0.484 e. The molecule has 2 unspecified atom stereocenters. The maximum atomic E-state index is 12.1. The Hall–Kier alpha value is -4.14. The average molecular weight is 466 g/mol. The Labute approximate surface area is 195 Å². The van der Waals surface area contributed by atoms with Crippen LogP contribution in [0.5, 0.6) is 5.75 Å². The molecule has 2 amide bonds. The van der Waals surface area contributed by atoms with Crippen molar-refractivity contribution in [3.05, 3.63) is 65.0 Å². The molecular formula is C25H26N2O7. The van der Waals surface area contributed by atoms with E-state index in [0.29, 0.717) is 23.1 Å². The zero-order valence-corrected chi connectivity index (χ0v) is 18.9. The second kappa shape index (κ2) is 11.1. The maximum absolute atomic E-state index is 12.1. The lowest BCUT2D eigenvalue weighted by Crippen LogP contribution is -2.48. The van der Waals surface area contributed by atoms with Crippen molar-refractivity contribution in [2.24, 2.45) is 5.92 Å². The van der Waals surface area contributed by atoms with E-state index in [2.05, 4.69) is 10.6 Å². The van der Waals surface area contributed by atoms with Crippen LogP contribution in [0, 0.1) is 5.92 Å². The molecule has 0 aliphatic heterocycles. The number of carbonyl (C=O) groups is 3. The Balaban J connectivity index is 1.60. The molecule has 3 aromatic rings. The number of hydrogen-bond donors (Lipinski definition) is 3. The van der Waals surface area contributed by atoms with Crippen molar-refractivity contribution in [3.63, 3.8) is 0 Å². The summed E-state index contributed by atoms with van der Waals surface area (Å²) in [6.07, 6.45) is 0.580. The number of fused-ring (bicyclic) bond motifs is 1. The Kier molecular flexibility index (Phi) is 8.02. The summed E-state index contributed by atoms with van der Waals surface area (Å²) in [6, 6.07) is 14.7. The number of hydrogen-bond acceptors (Lipinski definition) is 6. The molecule has 0 fully saturated rings. The summed E-state index contributed by atoms with van der Waals surface area (Å²) in [4.78, 5) is 47.4. The Morgan fingerprint density at radius 1 is 1.06 bits per heavy atom. The topological polar surface area (TPSA) is 135 Å². The number of carboxylic acids is 1. The highest BCUT2D eigenvalue weighted by Gasteiger charge is 2.25. The minimum Gasteiger partial charge on any atom is -0.484 e. The predicted octanol–water partition coefficient (Wildman–Crippen LogP) is 2.57. The molecule has 0 bridgehead atoms. The zero-order chi connectivity index (χ0) is 24.7. The fourth-order valence-electron chi connectivity index (χ4n) is 3.38. The summed E-state index contributed by atoms with van der Waals surface area (Å²) >= 11 is 0. The summed E-state index contributed by atoms with van der Waals surface area (Å²) in [5.41, 5.74) is 1.39. The number of nitrogens with one attached hydrogen (secondary N) is 2. The van der Waals surface area contributed by atoms with Crippen LogP contribution in [0.1, 0.15) is 20.3 Å². The molecular weight excluding hydrogens is 440 g/mol. The molecule has 0 spiro atoms. The fraction of sp³-hybridized carbons (Fsp3) is 0.280. The molecule has 0 aliphatic rings. The lowest BCUT2D eigenvalue weighted by atomic mass is 9.99. The number of carbonyl (C=O) groups excluding carboxylic acids is 2. The van der Waals surface area contributed by atoms with Crippen LogP contribution in [-0.4, -0.2) is 42.1 Å². The van der Waals surface area contributed by atoms with Crippen LogP contribution < -0.4 is 21.0 Å². The molecule has 0 saturated heterocycles. The van der Waals surface area contributed by atoms with Gasteiger partial charge in [0.05, 0.1) is 6.54 Å². The zero-order valence-electron chi connectivity index (χ0n) is 18.9. The lowest BCUT2D eigenvalue weighted by Gasteiger charge is -2.20. The van der Waals surface area contributed by atoms with Gasteiger partial charge in [-0.3, -0.25) is 9.59 Å². The quantitative estimate of drug-likeness (QED) is 0.391. The van der Waals surface area contributed by atoms with Crippen LogP contribution in [0.25, 0.3) is 22.1 Å². The van der Waals surface area contributed by atoms with E-state index in [1.807, 2.05) is 37.3 Å². The van der Waals surface area contributed by atoms with Crippen molar-refractivity contribution in [1.29, 1.82) is 0 Å². The van der Waals surface area contributed by atoms with Gasteiger partial charge in [0.2, 0.25) is 5.91 Å². The van der Waals surface area contributed by atoms with Gasteiger partial charge in [-0.2, -0.15) is 0 Å². The molecule has 9 nitrogen and oxygen atoms in total. The van der Waals surface area contributed by atoms with Gasteiger partial charge >= 0.3 is 11.6 Å². The van der Waals surface area contributed by atoms with Crippen molar-refractivity contribution >= 4 is 28.8 Å². The van der Waals surface area contributed by atoms with Crippen molar-refractivity contribution < 1.29 is 28.6 Å². The number of amides is 2. The van der Waals surface area contributed by atoms with E-state index < -0.39 is 29.5 Å². The van der Waals surface area contributed by atoms with Gasteiger partial charge in [0.25, 0.3) is 5.91 Å². The van der Waals surface area contributed by atoms with Gasteiger partial charge in [-0.15, -0.1) is 0 Å². The van der Waals surface area contributed by atoms with Crippen LogP contribution in [-0.2, 0) is 14.4 Å². The van der Waals surface area contributed by atoms with Crippen molar-refractivity contribution in [2.45, 2.75) is 26.3 Å². The van der Waals surface area contributed by atoms with Gasteiger partial charge < -0.3 is 24.9 Å². The highest BCUT2D eigenvalue weighted by Crippen LogP contribution is 2.29. The molecule has 2 atom stereocenters. The lowest BCUT2D eigenvalue weighted by molar-refractivity contribution is -0.143. The molecule has 9 heteroatoms. The second-order valence-corrected chi connectivity index (χ2v) is 7.84. The predicted molar refractivity (Wildman–Crippen MR) is 125 cm³/mol. The normalized spacial score (nSPS) is 12.5. The SMILES string of the molecule is CCC(C)C(NC(=O)CNC(=O)COc1ccc2c(-c3ccccc3)cc(=O)oc2c1)C(=O)O. The molecule has 3 rings (SSSR count). The Bertz CT molecular complexity index is 1240. The molecule has 1 heterocycles. The monoisotopic (exact) mass is 466 g/mol. The smallest absolute Gasteiger partial charge is 0.336 e. The van der Waals surface area contributed by atoms with Crippen molar-refractivity contribution in [1.82, 2.24) is 10.6 Å². The van der Waals surface area contributed by atoms with Crippen LogP contribution >= 0.6 is 0 Å². The summed E-state index contributed by atoms with van der Waals surface area (Å²) < 4.78 is 10.8. The number of carboxylic acid groups (broad SMARTS) is 1. The van der Waals surface area contributed by atoms with Gasteiger partial charge in [0.15, 0.2) is 6.61 Å².